The monoisotopic (exact) mass is 411 g/mol. The van der Waals surface area contributed by atoms with E-state index in [1.165, 1.54) is 6.07 Å². The number of fused-ring (bicyclic) bond motifs is 1. The van der Waals surface area contributed by atoms with Crippen molar-refractivity contribution in [1.82, 2.24) is 4.90 Å². The number of nitrogens with zero attached hydrogens (tertiary/aromatic N) is 1. The topological polar surface area (TPSA) is 94.1 Å². The van der Waals surface area contributed by atoms with Crippen LogP contribution >= 0.6 is 11.6 Å². The predicted octanol–water partition coefficient (Wildman–Crippen LogP) is 2.80. The fourth-order valence-electron chi connectivity index (χ4n) is 4.07. The van der Waals surface area contributed by atoms with E-state index in [2.05, 4.69) is 0 Å². The number of hydrogen-bond donors (Lipinski definition) is 3. The summed E-state index contributed by atoms with van der Waals surface area (Å²) < 4.78 is 5.99. The summed E-state index contributed by atoms with van der Waals surface area (Å²) in [4.78, 5) is 14.7. The molecule has 3 aromatic rings. The summed E-state index contributed by atoms with van der Waals surface area (Å²) >= 11 is 6.25. The first kappa shape index (κ1) is 19.8. The largest absolute Gasteiger partial charge is 0.507 e. The quantitative estimate of drug-likeness (QED) is 0.561. The molecule has 4 rings (SSSR count). The molecule has 2 atom stereocenters. The van der Waals surface area contributed by atoms with E-state index < -0.39 is 22.6 Å². The smallest absolute Gasteiger partial charge is 0.197 e. The standard InChI is InChI=1S/C21H19BClNO5/c1-24-7-6-12(21(22,28)10-24)18-14(25)8-15(26)19-16(27)9-17(29-20(18)19)11-4-2-3-5-13(11)23/h2-5,8-9,12,25-26,28H,6-7,10H2,1H3/t12-,21-/m1/s1. The van der Waals surface area contributed by atoms with E-state index in [1.807, 2.05) is 11.9 Å². The van der Waals surface area contributed by atoms with Gasteiger partial charge in [0.05, 0.1) is 5.02 Å². The normalized spacial score (nSPS) is 22.8. The van der Waals surface area contributed by atoms with Crippen molar-refractivity contribution in [3.63, 3.8) is 0 Å². The maximum atomic E-state index is 12.8. The first-order valence-corrected chi connectivity index (χ1v) is 9.54. The van der Waals surface area contributed by atoms with Gasteiger partial charge in [-0.3, -0.25) is 4.79 Å². The molecule has 3 N–H and O–H groups in total. The van der Waals surface area contributed by atoms with Gasteiger partial charge in [0.25, 0.3) is 0 Å². The van der Waals surface area contributed by atoms with Gasteiger partial charge in [0.1, 0.15) is 36.1 Å². The second-order valence-corrected chi connectivity index (χ2v) is 7.96. The molecular weight excluding hydrogens is 392 g/mol. The van der Waals surface area contributed by atoms with Gasteiger partial charge < -0.3 is 24.6 Å². The molecule has 1 aliphatic rings. The summed E-state index contributed by atoms with van der Waals surface area (Å²) in [6.45, 7) is 0.800. The molecular formula is C21H19BClNO5. The highest BCUT2D eigenvalue weighted by atomic mass is 35.5. The summed E-state index contributed by atoms with van der Waals surface area (Å²) in [5.74, 6) is -1.22. The number of piperidine rings is 1. The Kier molecular flexibility index (Phi) is 4.85. The van der Waals surface area contributed by atoms with Gasteiger partial charge in [-0.25, -0.2) is 0 Å². The summed E-state index contributed by atoms with van der Waals surface area (Å²) in [7, 11) is 7.98. The number of aromatic hydroxyl groups is 2. The van der Waals surface area contributed by atoms with Crippen LogP contribution in [0, 0.1) is 0 Å². The number of likely N-dealkylation sites (N-methyl/N-ethyl adjacent to an activating group) is 1. The molecule has 2 aromatic carbocycles. The highest BCUT2D eigenvalue weighted by Gasteiger charge is 2.40. The van der Waals surface area contributed by atoms with Crippen molar-refractivity contribution in [3.8, 4) is 22.8 Å². The summed E-state index contributed by atoms with van der Waals surface area (Å²) in [6.07, 6.45) is 0.428. The third-order valence-corrected chi connectivity index (χ3v) is 5.74. The first-order chi connectivity index (χ1) is 13.7. The van der Waals surface area contributed by atoms with E-state index in [0.717, 1.165) is 6.07 Å². The first-order valence-electron chi connectivity index (χ1n) is 9.16. The lowest BCUT2D eigenvalue weighted by Crippen LogP contribution is -2.52. The Bertz CT molecular complexity index is 1160. The van der Waals surface area contributed by atoms with Gasteiger partial charge >= 0.3 is 0 Å². The van der Waals surface area contributed by atoms with Crippen LogP contribution in [0.2, 0.25) is 5.02 Å². The Morgan fingerprint density at radius 1 is 1.24 bits per heavy atom. The number of benzene rings is 2. The molecule has 6 nitrogen and oxygen atoms in total. The summed E-state index contributed by atoms with van der Waals surface area (Å²) in [5, 5.41) is 32.1. The molecule has 1 saturated heterocycles. The molecule has 2 heterocycles. The lowest BCUT2D eigenvalue weighted by Gasteiger charge is -2.42. The SMILES string of the molecule is [B][C@@]1(O)CN(C)CC[C@@H]1c1c(O)cc(O)c2c(=O)cc(-c3ccccc3Cl)oc12. The Morgan fingerprint density at radius 2 is 1.97 bits per heavy atom. The van der Waals surface area contributed by atoms with Gasteiger partial charge in [-0.05, 0) is 32.1 Å². The second kappa shape index (κ2) is 7.09. The van der Waals surface area contributed by atoms with Gasteiger partial charge in [0, 0.05) is 41.2 Å². The molecule has 29 heavy (non-hydrogen) atoms. The van der Waals surface area contributed by atoms with Gasteiger partial charge in [-0.1, -0.05) is 23.7 Å². The third kappa shape index (κ3) is 3.39. The molecule has 1 fully saturated rings. The van der Waals surface area contributed by atoms with Gasteiger partial charge in [0.15, 0.2) is 5.43 Å². The maximum Gasteiger partial charge on any atom is 0.197 e. The third-order valence-electron chi connectivity index (χ3n) is 5.41. The molecule has 0 amide bonds. The average Bonchev–Trinajstić information content (AvgIpc) is 2.62. The number of likely N-dealkylation sites (tertiary alicyclic amines) is 1. The van der Waals surface area contributed by atoms with Crippen molar-refractivity contribution in [2.24, 2.45) is 0 Å². The fraction of sp³-hybridized carbons (Fsp3) is 0.286. The van der Waals surface area contributed by atoms with Crippen molar-refractivity contribution < 1.29 is 19.7 Å². The van der Waals surface area contributed by atoms with Crippen molar-refractivity contribution >= 4 is 30.4 Å². The Morgan fingerprint density at radius 3 is 2.66 bits per heavy atom. The van der Waals surface area contributed by atoms with Crippen LogP contribution in [0.4, 0.5) is 0 Å². The molecule has 148 valence electrons. The van der Waals surface area contributed by atoms with Gasteiger partial charge in [0.2, 0.25) is 0 Å². The van der Waals surface area contributed by atoms with Crippen LogP contribution in [0.15, 0.2) is 45.6 Å². The van der Waals surface area contributed by atoms with Crippen molar-refractivity contribution in [2.45, 2.75) is 17.8 Å². The maximum absolute atomic E-state index is 12.8. The molecule has 0 spiro atoms. The Labute approximate surface area is 173 Å². The fourth-order valence-corrected chi connectivity index (χ4v) is 4.30. The zero-order chi connectivity index (χ0) is 20.9. The summed E-state index contributed by atoms with van der Waals surface area (Å²) in [6, 6.07) is 9.19. The zero-order valence-electron chi connectivity index (χ0n) is 15.7. The number of hydrogen-bond acceptors (Lipinski definition) is 6. The number of phenols is 2. The Hall–Kier alpha value is -2.48. The lowest BCUT2D eigenvalue weighted by molar-refractivity contribution is 0.0260. The van der Waals surface area contributed by atoms with Gasteiger partial charge in [-0.2, -0.15) is 0 Å². The molecule has 0 saturated carbocycles. The van der Waals surface area contributed by atoms with E-state index in [-0.39, 0.29) is 34.6 Å². The van der Waals surface area contributed by atoms with E-state index in [0.29, 0.717) is 23.6 Å². The lowest BCUT2D eigenvalue weighted by atomic mass is 9.65. The number of phenolic OH excluding ortho intramolecular Hbond substituents is 2. The highest BCUT2D eigenvalue weighted by molar-refractivity contribution is 6.33. The van der Waals surface area contributed by atoms with Crippen LogP contribution in [0.3, 0.4) is 0 Å². The predicted molar refractivity (Wildman–Crippen MR) is 112 cm³/mol. The number of β-amino-alcohol motifs (C(OH)–C–C–N with tert-alkyl or cyclic N) is 1. The molecule has 1 aliphatic heterocycles. The van der Waals surface area contributed by atoms with Crippen LogP contribution in [-0.4, -0.2) is 53.7 Å². The molecule has 0 aliphatic carbocycles. The average molecular weight is 412 g/mol. The van der Waals surface area contributed by atoms with Crippen LogP contribution in [0.1, 0.15) is 17.9 Å². The second-order valence-electron chi connectivity index (χ2n) is 7.56. The van der Waals surface area contributed by atoms with Crippen LogP contribution in [0.5, 0.6) is 11.5 Å². The molecule has 8 heteroatoms. The van der Waals surface area contributed by atoms with Gasteiger partial charge in [-0.15, -0.1) is 0 Å². The van der Waals surface area contributed by atoms with Crippen LogP contribution < -0.4 is 5.43 Å². The van der Waals surface area contributed by atoms with Crippen molar-refractivity contribution in [1.29, 1.82) is 0 Å². The zero-order valence-corrected chi connectivity index (χ0v) is 16.5. The van der Waals surface area contributed by atoms with E-state index in [9.17, 15) is 20.1 Å². The minimum atomic E-state index is -1.66. The van der Waals surface area contributed by atoms with Crippen molar-refractivity contribution in [3.05, 3.63) is 57.2 Å². The minimum absolute atomic E-state index is 0.0108. The van der Waals surface area contributed by atoms with Crippen LogP contribution in [-0.2, 0) is 0 Å². The number of halogens is 1. The molecule has 0 unspecified atom stereocenters. The van der Waals surface area contributed by atoms with E-state index >= 15 is 0 Å². The molecule has 0 bridgehead atoms. The number of rotatable bonds is 2. The number of aliphatic hydroxyl groups is 1. The van der Waals surface area contributed by atoms with Crippen molar-refractivity contribution in [2.75, 3.05) is 20.1 Å². The molecule has 2 radical (unpaired) electrons. The Balaban J connectivity index is 2.02. The summed E-state index contributed by atoms with van der Waals surface area (Å²) in [5.41, 5.74) is -1.47. The van der Waals surface area contributed by atoms with E-state index in [4.69, 9.17) is 23.9 Å². The van der Waals surface area contributed by atoms with Crippen LogP contribution in [0.25, 0.3) is 22.3 Å². The minimum Gasteiger partial charge on any atom is -0.507 e. The molecule has 1 aromatic heterocycles. The highest BCUT2D eigenvalue weighted by Crippen LogP contribution is 2.45. The van der Waals surface area contributed by atoms with E-state index in [1.54, 1.807) is 24.3 Å².